The van der Waals surface area contributed by atoms with E-state index in [-0.39, 0.29) is 11.3 Å². The average Bonchev–Trinajstić information content (AvgIpc) is 3.16. The van der Waals surface area contributed by atoms with Crippen molar-refractivity contribution in [2.24, 2.45) is 11.3 Å². The first kappa shape index (κ1) is 17.6. The maximum absolute atomic E-state index is 13.0. The van der Waals surface area contributed by atoms with Crippen LogP contribution in [0.15, 0.2) is 9.15 Å². The molecule has 0 saturated heterocycles. The normalized spacial score (nSPS) is 17.4. The molecule has 7 nitrogen and oxygen atoms in total. The van der Waals surface area contributed by atoms with Gasteiger partial charge in [0.15, 0.2) is 5.69 Å². The molecule has 1 atom stereocenters. The largest absolute Gasteiger partial charge is 0.360 e. The highest BCUT2D eigenvalue weighted by molar-refractivity contribution is 5.93. The topological polar surface area (TPSA) is 85.3 Å². The van der Waals surface area contributed by atoms with E-state index in [9.17, 15) is 4.79 Å². The first-order valence-electron chi connectivity index (χ1n) is 8.86. The summed E-state index contributed by atoms with van der Waals surface area (Å²) in [6.07, 6.45) is 2.75. The van der Waals surface area contributed by atoms with E-state index in [2.05, 4.69) is 36.2 Å². The highest BCUT2D eigenvalue weighted by Gasteiger charge is 2.35. The third-order valence-corrected chi connectivity index (χ3v) is 5.22. The summed E-state index contributed by atoms with van der Waals surface area (Å²) in [7, 11) is 0. The van der Waals surface area contributed by atoms with Crippen molar-refractivity contribution in [2.45, 2.75) is 60.4 Å². The molecule has 0 fully saturated rings. The number of rotatable bonds is 4. The van der Waals surface area contributed by atoms with Crippen molar-refractivity contribution in [2.75, 3.05) is 6.54 Å². The number of hydrogen-bond acceptors (Lipinski definition) is 6. The molecule has 7 heteroatoms. The molecule has 2 heterocycles. The van der Waals surface area contributed by atoms with Crippen LogP contribution in [-0.4, -0.2) is 32.8 Å². The minimum absolute atomic E-state index is 0.121. The molecular weight excluding hydrogens is 320 g/mol. The lowest BCUT2D eigenvalue weighted by Crippen LogP contribution is -2.33. The van der Waals surface area contributed by atoms with Gasteiger partial charge in [-0.1, -0.05) is 36.2 Å². The second-order valence-corrected chi connectivity index (χ2v) is 7.85. The molecule has 25 heavy (non-hydrogen) atoms. The molecule has 0 radical (unpaired) electrons. The van der Waals surface area contributed by atoms with Gasteiger partial charge >= 0.3 is 0 Å². The van der Waals surface area contributed by atoms with Crippen LogP contribution >= 0.6 is 0 Å². The summed E-state index contributed by atoms with van der Waals surface area (Å²) in [5.41, 5.74) is 2.98. The SMILES string of the molecule is CCN(Cc1nonc1C)C(=O)c1noc2c1C[C@@H](C(C)(C)C)CC2. The molecule has 1 aliphatic rings. The fourth-order valence-corrected chi connectivity index (χ4v) is 3.36. The zero-order valence-corrected chi connectivity index (χ0v) is 15.6. The predicted octanol–water partition coefficient (Wildman–Crippen LogP) is 3.18. The first-order valence-corrected chi connectivity index (χ1v) is 8.86. The second-order valence-electron chi connectivity index (χ2n) is 7.85. The molecular formula is C18H26N4O3. The summed E-state index contributed by atoms with van der Waals surface area (Å²) in [4.78, 5) is 14.7. The van der Waals surface area contributed by atoms with E-state index in [0.717, 1.165) is 30.6 Å². The number of nitrogens with zero attached hydrogens (tertiary/aromatic N) is 4. The Hall–Kier alpha value is -2.18. The van der Waals surface area contributed by atoms with E-state index < -0.39 is 0 Å². The predicted molar refractivity (Wildman–Crippen MR) is 90.9 cm³/mol. The number of fused-ring (bicyclic) bond motifs is 1. The van der Waals surface area contributed by atoms with E-state index in [0.29, 0.717) is 36.1 Å². The molecule has 0 saturated carbocycles. The molecule has 3 rings (SSSR count). The van der Waals surface area contributed by atoms with Crippen molar-refractivity contribution in [1.82, 2.24) is 20.4 Å². The molecule has 0 unspecified atom stereocenters. The van der Waals surface area contributed by atoms with Crippen LogP contribution in [0.25, 0.3) is 0 Å². The van der Waals surface area contributed by atoms with Crippen LogP contribution in [0.3, 0.4) is 0 Å². The Morgan fingerprint density at radius 3 is 2.64 bits per heavy atom. The zero-order valence-electron chi connectivity index (χ0n) is 15.6. The Kier molecular flexibility index (Phi) is 4.67. The van der Waals surface area contributed by atoms with Gasteiger partial charge in [-0.05, 0) is 38.0 Å². The van der Waals surface area contributed by atoms with Crippen molar-refractivity contribution >= 4 is 5.91 Å². The van der Waals surface area contributed by atoms with Crippen LogP contribution in [0, 0.1) is 18.3 Å². The van der Waals surface area contributed by atoms with Gasteiger partial charge in [0.25, 0.3) is 5.91 Å². The molecule has 0 spiro atoms. The fraction of sp³-hybridized carbons (Fsp3) is 0.667. The van der Waals surface area contributed by atoms with Crippen molar-refractivity contribution < 1.29 is 13.9 Å². The van der Waals surface area contributed by atoms with E-state index in [1.165, 1.54) is 0 Å². The highest BCUT2D eigenvalue weighted by atomic mass is 16.6. The third-order valence-electron chi connectivity index (χ3n) is 5.22. The highest BCUT2D eigenvalue weighted by Crippen LogP contribution is 2.38. The van der Waals surface area contributed by atoms with Gasteiger partial charge in [0, 0.05) is 18.5 Å². The summed E-state index contributed by atoms with van der Waals surface area (Å²) in [6, 6.07) is 0. The Labute approximate surface area is 147 Å². The number of aryl methyl sites for hydroxylation is 2. The first-order chi connectivity index (χ1) is 11.8. The van der Waals surface area contributed by atoms with Gasteiger partial charge in [0.1, 0.15) is 17.1 Å². The van der Waals surface area contributed by atoms with Crippen LogP contribution in [0.2, 0.25) is 0 Å². The van der Waals surface area contributed by atoms with Crippen LogP contribution in [0.5, 0.6) is 0 Å². The van der Waals surface area contributed by atoms with Gasteiger partial charge < -0.3 is 9.42 Å². The number of carbonyl (C=O) groups excluding carboxylic acids is 1. The molecule has 1 amide bonds. The fourth-order valence-electron chi connectivity index (χ4n) is 3.36. The van der Waals surface area contributed by atoms with Gasteiger partial charge in [-0.15, -0.1) is 0 Å². The smallest absolute Gasteiger partial charge is 0.276 e. The summed E-state index contributed by atoms with van der Waals surface area (Å²) < 4.78 is 10.2. The number of amides is 1. The molecule has 2 aromatic rings. The van der Waals surface area contributed by atoms with Crippen LogP contribution < -0.4 is 0 Å². The Bertz CT molecular complexity index is 757. The van der Waals surface area contributed by atoms with Crippen molar-refractivity contribution in [3.8, 4) is 0 Å². The Morgan fingerprint density at radius 1 is 1.28 bits per heavy atom. The second kappa shape index (κ2) is 6.61. The van der Waals surface area contributed by atoms with Crippen molar-refractivity contribution in [1.29, 1.82) is 0 Å². The Balaban J connectivity index is 1.83. The molecule has 0 aromatic carbocycles. The minimum atomic E-state index is -0.121. The average molecular weight is 346 g/mol. The monoisotopic (exact) mass is 346 g/mol. The van der Waals surface area contributed by atoms with Crippen LogP contribution in [-0.2, 0) is 19.4 Å². The van der Waals surface area contributed by atoms with Crippen LogP contribution in [0.4, 0.5) is 0 Å². The number of aromatic nitrogens is 3. The molecule has 136 valence electrons. The lowest BCUT2D eigenvalue weighted by molar-refractivity contribution is 0.0736. The lowest BCUT2D eigenvalue weighted by Gasteiger charge is -2.33. The quantitative estimate of drug-likeness (QED) is 0.845. The lowest BCUT2D eigenvalue weighted by atomic mass is 9.71. The van der Waals surface area contributed by atoms with E-state index >= 15 is 0 Å². The summed E-state index contributed by atoms with van der Waals surface area (Å²) in [5, 5.41) is 11.8. The van der Waals surface area contributed by atoms with E-state index in [4.69, 9.17) is 9.15 Å². The summed E-state index contributed by atoms with van der Waals surface area (Å²) >= 11 is 0. The minimum Gasteiger partial charge on any atom is -0.360 e. The van der Waals surface area contributed by atoms with Gasteiger partial charge in [0.2, 0.25) is 0 Å². The summed E-state index contributed by atoms with van der Waals surface area (Å²) in [5.74, 6) is 1.26. The van der Waals surface area contributed by atoms with Gasteiger partial charge in [-0.2, -0.15) is 0 Å². The van der Waals surface area contributed by atoms with Gasteiger partial charge in [0.05, 0.1) is 6.54 Å². The standard InChI is InChI=1S/C18H26N4O3/c1-6-22(10-14-11(2)19-25-20-14)17(23)16-13-9-12(18(3,4)5)7-8-15(13)24-21-16/h12H,6-10H2,1-5H3/t12-/m0/s1. The van der Waals surface area contributed by atoms with E-state index in [1.54, 1.807) is 4.90 Å². The molecule has 2 aromatic heterocycles. The molecule has 0 bridgehead atoms. The third kappa shape index (κ3) is 3.45. The van der Waals surface area contributed by atoms with Crippen molar-refractivity contribution in [3.63, 3.8) is 0 Å². The number of carbonyl (C=O) groups is 1. The van der Waals surface area contributed by atoms with E-state index in [1.807, 2.05) is 13.8 Å². The molecule has 0 aliphatic heterocycles. The van der Waals surface area contributed by atoms with Gasteiger partial charge in [-0.3, -0.25) is 4.79 Å². The summed E-state index contributed by atoms with van der Waals surface area (Å²) in [6.45, 7) is 11.4. The Morgan fingerprint density at radius 2 is 2.04 bits per heavy atom. The maximum Gasteiger partial charge on any atom is 0.276 e. The molecule has 1 aliphatic carbocycles. The zero-order chi connectivity index (χ0) is 18.2. The number of hydrogen-bond donors (Lipinski definition) is 0. The van der Waals surface area contributed by atoms with Crippen LogP contribution in [0.1, 0.15) is 67.3 Å². The van der Waals surface area contributed by atoms with Gasteiger partial charge in [-0.25, -0.2) is 4.63 Å². The maximum atomic E-state index is 13.0. The molecule has 0 N–H and O–H groups in total. The van der Waals surface area contributed by atoms with Crippen molar-refractivity contribution in [3.05, 3.63) is 28.4 Å².